The molecule has 0 heterocycles. The van der Waals surface area contributed by atoms with Gasteiger partial charge in [-0.1, -0.05) is 133 Å². The molecule has 0 aromatic carbocycles. The van der Waals surface area contributed by atoms with Crippen molar-refractivity contribution in [2.24, 2.45) is 0 Å². The third-order valence-electron chi connectivity index (χ3n) is 6.63. The Labute approximate surface area is 293 Å². The van der Waals surface area contributed by atoms with Gasteiger partial charge in [0.25, 0.3) is 0 Å². The summed E-state index contributed by atoms with van der Waals surface area (Å²) in [6, 6.07) is 0. The van der Waals surface area contributed by atoms with Gasteiger partial charge in [0.1, 0.15) is 0 Å². The van der Waals surface area contributed by atoms with Crippen LogP contribution in [-0.4, -0.2) is 43.5 Å². The van der Waals surface area contributed by atoms with Crippen LogP contribution in [0, 0.1) is 0 Å². The fourth-order valence-corrected chi connectivity index (χ4v) is 8.05. The molecule has 264 valence electrons. The molecule has 0 amide bonds. The van der Waals surface area contributed by atoms with Crippen LogP contribution in [0.15, 0.2) is 0 Å². The fraction of sp³-hybridized carbons (Fsp3) is 0.941. The normalized spacial score (nSPS) is 11.1. The summed E-state index contributed by atoms with van der Waals surface area (Å²) in [5.74, 6) is -1.82. The summed E-state index contributed by atoms with van der Waals surface area (Å²) in [4.78, 5) is 20.2. The molecule has 0 N–H and O–H groups in total. The molecule has 0 aliphatic rings. The van der Waals surface area contributed by atoms with Crippen LogP contribution in [0.4, 0.5) is 13.2 Å². The first-order valence-corrected chi connectivity index (χ1v) is 22.7. The van der Waals surface area contributed by atoms with Gasteiger partial charge in [-0.3, -0.25) is 0 Å². The number of hydrogen-bond acceptors (Lipinski definition) is 4. The average Bonchev–Trinajstić information content (AvgIpc) is 2.95. The number of alkyl halides is 5. The van der Waals surface area contributed by atoms with Crippen molar-refractivity contribution in [2.75, 3.05) is 0 Å². The third kappa shape index (κ3) is 61.3. The number of rotatable bonds is 26. The van der Waals surface area contributed by atoms with Gasteiger partial charge in [-0.25, -0.2) is 0 Å². The van der Waals surface area contributed by atoms with Gasteiger partial charge < -0.3 is 19.8 Å². The zero-order valence-corrected chi connectivity index (χ0v) is 33.7. The van der Waals surface area contributed by atoms with E-state index in [9.17, 15) is 33.0 Å². The van der Waals surface area contributed by atoms with E-state index in [2.05, 4.69) is 55.2 Å². The van der Waals surface area contributed by atoms with Crippen molar-refractivity contribution in [1.29, 1.82) is 0 Å². The Morgan fingerprint density at radius 2 is 0.795 bits per heavy atom. The second-order valence-corrected chi connectivity index (χ2v) is 17.4. The number of carboxylic acids is 2. The minimum atomic E-state index is -4.32. The van der Waals surface area contributed by atoms with Gasteiger partial charge in [0.05, 0.1) is 0 Å². The maximum atomic E-state index is 11.0. The van der Waals surface area contributed by atoms with Crippen LogP contribution < -0.4 is 10.2 Å². The van der Waals surface area contributed by atoms with Crippen molar-refractivity contribution in [2.45, 2.75) is 201 Å². The van der Waals surface area contributed by atoms with Crippen molar-refractivity contribution in [3.63, 3.8) is 0 Å². The van der Waals surface area contributed by atoms with E-state index in [1.807, 2.05) is 0 Å². The van der Waals surface area contributed by atoms with E-state index in [0.717, 1.165) is 25.7 Å². The number of aliphatic carboxylic acids is 2. The molecular weight excluding hydrogens is 763 g/mol. The molecule has 0 aromatic rings. The van der Waals surface area contributed by atoms with E-state index >= 15 is 0 Å². The molecule has 0 aromatic heterocycles. The topological polar surface area (TPSA) is 80.3 Å². The van der Waals surface area contributed by atoms with Gasteiger partial charge in [-0.2, -0.15) is 13.2 Å². The predicted molar refractivity (Wildman–Crippen MR) is 184 cm³/mol. The average molecular weight is 829 g/mol. The molecule has 1 unspecified atom stereocenters. The summed E-state index contributed by atoms with van der Waals surface area (Å²) >= 11 is 6.83. The molecular formula is C34H65BrClF3O4Sn. The Morgan fingerprint density at radius 3 is 1.00 bits per heavy atom. The molecule has 44 heavy (non-hydrogen) atoms. The molecule has 0 spiro atoms. The maximum absolute atomic E-state index is 11.0. The number of hydrogen-bond donors (Lipinski definition) is 0. The van der Waals surface area contributed by atoms with Crippen LogP contribution in [-0.2, 0) is 9.59 Å². The van der Waals surface area contributed by atoms with E-state index in [1.54, 1.807) is 8.87 Å². The minimum Gasteiger partial charge on any atom is -0.168 e. The fourth-order valence-electron chi connectivity index (χ4n) is 3.89. The zero-order chi connectivity index (χ0) is 34.3. The zero-order valence-electron chi connectivity index (χ0n) is 28.5. The van der Waals surface area contributed by atoms with Crippen LogP contribution in [0.5, 0.6) is 0 Å². The largest absolute Gasteiger partial charge is 0.414 e. The smallest absolute Gasteiger partial charge is 0.168 e. The molecule has 0 aliphatic carbocycles. The van der Waals surface area contributed by atoms with Gasteiger partial charge in [0, 0.05) is 11.9 Å². The summed E-state index contributed by atoms with van der Waals surface area (Å²) in [7, 11) is 0. The van der Waals surface area contributed by atoms with Crippen LogP contribution in [0.25, 0.3) is 0 Å². The Kier molecular flexibility index (Phi) is 50.3. The van der Waals surface area contributed by atoms with Gasteiger partial charge >= 0.3 is 75.7 Å². The Morgan fingerprint density at radius 1 is 0.568 bits per heavy atom. The van der Waals surface area contributed by atoms with Gasteiger partial charge in [-0.05, 0) is 25.7 Å². The summed E-state index contributed by atoms with van der Waals surface area (Å²) < 4.78 is 34.3. The molecule has 0 fully saturated rings. The number of unbranched alkanes of at least 4 members (excludes halogenated alkanes) is 18. The summed E-state index contributed by atoms with van der Waals surface area (Å²) in [5, 5.41) is 20.2. The Hall–Kier alpha value is 0.299. The first-order chi connectivity index (χ1) is 20.9. The van der Waals surface area contributed by atoms with Crippen LogP contribution in [0.1, 0.15) is 182 Å². The molecule has 0 saturated carbocycles. The number of carbonyl (C=O) groups is 2. The van der Waals surface area contributed by atoms with Crippen LogP contribution >= 0.6 is 27.5 Å². The minimum absolute atomic E-state index is 0.149. The summed E-state index contributed by atoms with van der Waals surface area (Å²) in [6.45, 7) is 9.03. The number of carbonyl (C=O) groups excluding carboxylic acids is 2. The van der Waals surface area contributed by atoms with Gasteiger partial charge in [0.2, 0.25) is 0 Å². The molecule has 1 atom stereocenters. The van der Waals surface area contributed by atoms with Crippen molar-refractivity contribution >= 4 is 60.6 Å². The molecule has 0 rings (SSSR count). The van der Waals surface area contributed by atoms with Crippen LogP contribution in [0.3, 0.4) is 0 Å². The quantitative estimate of drug-likeness (QED) is 0.0494. The van der Waals surface area contributed by atoms with Crippen molar-refractivity contribution < 1.29 is 33.0 Å². The monoisotopic (exact) mass is 828 g/mol. The first-order valence-electron chi connectivity index (χ1n) is 17.4. The molecule has 0 bridgehead atoms. The van der Waals surface area contributed by atoms with E-state index in [4.69, 9.17) is 0 Å². The molecule has 4 nitrogen and oxygen atoms in total. The van der Waals surface area contributed by atoms with Crippen LogP contribution in [0.2, 0.25) is 8.87 Å². The Balaban J connectivity index is -0.000000251. The second kappa shape index (κ2) is 43.3. The van der Waals surface area contributed by atoms with Crippen molar-refractivity contribution in [3.05, 3.63) is 0 Å². The van der Waals surface area contributed by atoms with Gasteiger partial charge in [0.15, 0.2) is 4.29 Å². The molecule has 0 radical (unpaired) electrons. The van der Waals surface area contributed by atoms with E-state index < -0.39 is 22.4 Å². The Bertz CT molecular complexity index is 533. The van der Waals surface area contributed by atoms with E-state index in [-0.39, 0.29) is 34.0 Å². The second-order valence-electron chi connectivity index (χ2n) is 11.2. The number of halogens is 5. The van der Waals surface area contributed by atoms with E-state index in [1.165, 1.54) is 116 Å². The third-order valence-corrected chi connectivity index (χ3v) is 11.4. The standard InChI is InChI=1S/2C12H24O2.2C4H9.C2HBrClF3.Sn/c2*1-2-3-4-5-6-7-8-9-10-11-12(13)14;2*1-3-4-2;3-1(4)2(5,6)7;/h2*2-11H2,1H3,(H,13,14);2*1,3-4H2,2H3;1H;/q;;;;;+2/p-2. The van der Waals surface area contributed by atoms with Crippen molar-refractivity contribution in [3.8, 4) is 0 Å². The van der Waals surface area contributed by atoms with E-state index in [0.29, 0.717) is 0 Å². The SMILES string of the molecule is CCCCCCCCCCCC(=O)[O-].CCCCCCCCCCCC(=O)[O-].CCC[CH2][Sn+2][CH2]CCC.FC(F)(F)C(Cl)Br. The first kappa shape index (κ1) is 51.1. The molecule has 0 saturated heterocycles. The number of carboxylic acid groups (broad SMARTS) is 2. The molecule has 0 aliphatic heterocycles. The maximum Gasteiger partial charge on any atom is 0.414 e. The summed E-state index contributed by atoms with van der Waals surface area (Å²) in [6.07, 6.45) is 23.8. The van der Waals surface area contributed by atoms with Gasteiger partial charge in [-0.15, -0.1) is 11.6 Å². The summed E-state index contributed by atoms with van der Waals surface area (Å²) in [5.41, 5.74) is 0. The van der Waals surface area contributed by atoms with Crippen molar-refractivity contribution in [1.82, 2.24) is 0 Å². The molecule has 10 heteroatoms. The predicted octanol–water partition coefficient (Wildman–Crippen LogP) is 11.0.